The zero-order valence-electron chi connectivity index (χ0n) is 21.8. The number of nitrogens with zero attached hydrogens (tertiary/aromatic N) is 4. The number of esters is 1. The van der Waals surface area contributed by atoms with Gasteiger partial charge in [0.05, 0.1) is 13.0 Å². The summed E-state index contributed by atoms with van der Waals surface area (Å²) in [6.45, 7) is 10.1. The number of piperazine rings is 1. The normalized spacial score (nSPS) is 20.9. The Bertz CT molecular complexity index is 856. The topological polar surface area (TPSA) is 73.4 Å². The Morgan fingerprint density at radius 1 is 0.806 bits per heavy atom. The molecule has 1 aromatic carbocycles. The van der Waals surface area contributed by atoms with Crippen molar-refractivity contribution < 1.29 is 19.1 Å². The average molecular weight is 499 g/mol. The second kappa shape index (κ2) is 13.2. The first-order valence-electron chi connectivity index (χ1n) is 13.8. The van der Waals surface area contributed by atoms with Crippen LogP contribution in [-0.4, -0.2) is 102 Å². The van der Waals surface area contributed by atoms with Gasteiger partial charge in [0, 0.05) is 64.2 Å². The molecule has 3 aliphatic rings. The van der Waals surface area contributed by atoms with Crippen LogP contribution >= 0.6 is 0 Å². The monoisotopic (exact) mass is 498 g/mol. The second-order valence-corrected chi connectivity index (χ2v) is 10.3. The average Bonchev–Trinajstić information content (AvgIpc) is 2.93. The summed E-state index contributed by atoms with van der Waals surface area (Å²) in [5.74, 6) is -0.0805. The molecule has 4 rings (SSSR count). The highest BCUT2D eigenvalue weighted by Crippen LogP contribution is 2.24. The predicted molar refractivity (Wildman–Crippen MR) is 138 cm³/mol. The molecule has 3 saturated heterocycles. The Morgan fingerprint density at radius 3 is 2.11 bits per heavy atom. The fraction of sp³-hybridized carbons (Fsp3) is 0.679. The fourth-order valence-electron chi connectivity index (χ4n) is 5.83. The van der Waals surface area contributed by atoms with Crippen LogP contribution in [0, 0.1) is 5.92 Å². The Kier molecular flexibility index (Phi) is 9.75. The summed E-state index contributed by atoms with van der Waals surface area (Å²) < 4.78 is 4.90. The number of likely N-dealkylation sites (tertiary alicyclic amines) is 2. The summed E-state index contributed by atoms with van der Waals surface area (Å²) in [6.07, 6.45) is 4.13. The highest BCUT2D eigenvalue weighted by molar-refractivity contribution is 5.82. The molecule has 0 radical (unpaired) electrons. The van der Waals surface area contributed by atoms with Crippen LogP contribution in [0.3, 0.4) is 0 Å². The van der Waals surface area contributed by atoms with E-state index in [2.05, 4.69) is 40.1 Å². The first-order valence-corrected chi connectivity index (χ1v) is 13.8. The smallest absolute Gasteiger partial charge is 0.306 e. The molecule has 8 nitrogen and oxygen atoms in total. The lowest BCUT2D eigenvalue weighted by Crippen LogP contribution is -2.55. The van der Waals surface area contributed by atoms with E-state index in [0.717, 1.165) is 45.8 Å². The minimum absolute atomic E-state index is 0.00637. The zero-order chi connectivity index (χ0) is 25.3. The number of ether oxygens (including phenoxy) is 1. The van der Waals surface area contributed by atoms with Crippen molar-refractivity contribution in [3.8, 4) is 0 Å². The summed E-state index contributed by atoms with van der Waals surface area (Å²) in [5.41, 5.74) is 1.38. The van der Waals surface area contributed by atoms with Crippen LogP contribution in [0.2, 0.25) is 0 Å². The maximum atomic E-state index is 13.2. The Morgan fingerprint density at radius 2 is 1.47 bits per heavy atom. The predicted octanol–water partition coefficient (Wildman–Crippen LogP) is 2.38. The van der Waals surface area contributed by atoms with Crippen LogP contribution in [0.15, 0.2) is 30.3 Å². The summed E-state index contributed by atoms with van der Waals surface area (Å²) in [6, 6.07) is 11.3. The number of benzene rings is 1. The van der Waals surface area contributed by atoms with Crippen molar-refractivity contribution in [3.05, 3.63) is 35.9 Å². The summed E-state index contributed by atoms with van der Waals surface area (Å²) in [4.78, 5) is 46.0. The molecule has 0 spiro atoms. The maximum Gasteiger partial charge on any atom is 0.306 e. The van der Waals surface area contributed by atoms with Gasteiger partial charge in [-0.1, -0.05) is 30.3 Å². The van der Waals surface area contributed by atoms with Crippen molar-refractivity contribution in [2.75, 3.05) is 59.0 Å². The minimum Gasteiger partial charge on any atom is -0.466 e. The molecule has 0 N–H and O–H groups in total. The van der Waals surface area contributed by atoms with Gasteiger partial charge >= 0.3 is 5.97 Å². The lowest BCUT2D eigenvalue weighted by Gasteiger charge is -2.43. The van der Waals surface area contributed by atoms with Gasteiger partial charge in [-0.15, -0.1) is 0 Å². The van der Waals surface area contributed by atoms with Crippen molar-refractivity contribution in [2.45, 2.75) is 58.0 Å². The zero-order valence-corrected chi connectivity index (χ0v) is 21.8. The van der Waals surface area contributed by atoms with E-state index in [1.807, 2.05) is 4.90 Å². The van der Waals surface area contributed by atoms with Crippen molar-refractivity contribution >= 4 is 17.8 Å². The number of hydrogen-bond donors (Lipinski definition) is 0. The number of amides is 2. The fourth-order valence-corrected chi connectivity index (χ4v) is 5.83. The molecular formula is C28H42N4O4. The van der Waals surface area contributed by atoms with Gasteiger partial charge in [-0.3, -0.25) is 24.2 Å². The van der Waals surface area contributed by atoms with E-state index < -0.39 is 0 Å². The Labute approximate surface area is 215 Å². The summed E-state index contributed by atoms with van der Waals surface area (Å²) in [5, 5.41) is 0. The van der Waals surface area contributed by atoms with Crippen LogP contribution in [0.25, 0.3) is 0 Å². The maximum absolute atomic E-state index is 13.2. The van der Waals surface area contributed by atoms with Gasteiger partial charge < -0.3 is 14.5 Å². The van der Waals surface area contributed by atoms with Crippen LogP contribution in [0.1, 0.15) is 51.0 Å². The molecule has 0 aromatic heterocycles. The van der Waals surface area contributed by atoms with Crippen molar-refractivity contribution in [3.63, 3.8) is 0 Å². The van der Waals surface area contributed by atoms with E-state index in [9.17, 15) is 14.4 Å². The number of hydrogen-bond acceptors (Lipinski definition) is 6. The van der Waals surface area contributed by atoms with E-state index in [1.54, 1.807) is 11.8 Å². The first-order chi connectivity index (χ1) is 17.5. The highest BCUT2D eigenvalue weighted by Gasteiger charge is 2.33. The first kappa shape index (κ1) is 26.6. The molecule has 0 saturated carbocycles. The minimum atomic E-state index is -0.326. The summed E-state index contributed by atoms with van der Waals surface area (Å²) in [7, 11) is 0. The van der Waals surface area contributed by atoms with Crippen molar-refractivity contribution in [2.24, 2.45) is 5.92 Å². The molecule has 8 heteroatoms. The van der Waals surface area contributed by atoms with E-state index >= 15 is 0 Å². The van der Waals surface area contributed by atoms with E-state index in [1.165, 1.54) is 18.4 Å². The number of rotatable bonds is 8. The molecule has 3 aliphatic heterocycles. The van der Waals surface area contributed by atoms with Crippen molar-refractivity contribution in [1.82, 2.24) is 19.6 Å². The standard InChI is InChI=1S/C28H42N4O4/c1-2-36-27(34)9-8-26(33)31-16-10-24(11-17-31)28(35)32-20-18-30(19-21-32)25-12-14-29(15-13-25)22-23-6-4-3-5-7-23/h3-7,24-25H,2,8-22H2,1H3. The molecule has 3 heterocycles. The van der Waals surface area contributed by atoms with Gasteiger partial charge in [0.15, 0.2) is 0 Å². The molecule has 0 aliphatic carbocycles. The SMILES string of the molecule is CCOC(=O)CCC(=O)N1CCC(C(=O)N2CCN(C3CCN(Cc4ccccc4)CC3)CC2)CC1. The summed E-state index contributed by atoms with van der Waals surface area (Å²) >= 11 is 0. The van der Waals surface area contributed by atoms with E-state index in [4.69, 9.17) is 4.74 Å². The third-order valence-electron chi connectivity index (χ3n) is 7.99. The number of carbonyl (C=O) groups excluding carboxylic acids is 3. The third-order valence-corrected chi connectivity index (χ3v) is 7.99. The molecule has 3 fully saturated rings. The molecule has 36 heavy (non-hydrogen) atoms. The Balaban J connectivity index is 1.13. The number of piperidine rings is 2. The molecular weight excluding hydrogens is 456 g/mol. The van der Waals surface area contributed by atoms with Crippen LogP contribution in [0.4, 0.5) is 0 Å². The van der Waals surface area contributed by atoms with Gasteiger partial charge in [-0.25, -0.2) is 0 Å². The largest absolute Gasteiger partial charge is 0.466 e. The second-order valence-electron chi connectivity index (χ2n) is 10.3. The van der Waals surface area contributed by atoms with Gasteiger partial charge in [-0.05, 0) is 51.3 Å². The van der Waals surface area contributed by atoms with Crippen LogP contribution in [-0.2, 0) is 25.7 Å². The molecule has 2 amide bonds. The van der Waals surface area contributed by atoms with Gasteiger partial charge in [0.25, 0.3) is 0 Å². The van der Waals surface area contributed by atoms with Gasteiger partial charge in [0.2, 0.25) is 11.8 Å². The molecule has 198 valence electrons. The molecule has 0 bridgehead atoms. The van der Waals surface area contributed by atoms with E-state index in [0.29, 0.717) is 38.6 Å². The molecule has 0 unspecified atom stereocenters. The van der Waals surface area contributed by atoms with Gasteiger partial charge in [-0.2, -0.15) is 0 Å². The molecule has 1 aromatic rings. The van der Waals surface area contributed by atoms with Crippen LogP contribution in [0.5, 0.6) is 0 Å². The quantitative estimate of drug-likeness (QED) is 0.513. The van der Waals surface area contributed by atoms with Crippen LogP contribution < -0.4 is 0 Å². The van der Waals surface area contributed by atoms with Gasteiger partial charge in [0.1, 0.15) is 0 Å². The number of carbonyl (C=O) groups is 3. The molecule has 0 atom stereocenters. The highest BCUT2D eigenvalue weighted by atomic mass is 16.5. The van der Waals surface area contributed by atoms with Crippen molar-refractivity contribution in [1.29, 1.82) is 0 Å². The van der Waals surface area contributed by atoms with E-state index in [-0.39, 0.29) is 36.5 Å². The lowest BCUT2D eigenvalue weighted by molar-refractivity contribution is -0.146. The third kappa shape index (κ3) is 7.29. The Hall–Kier alpha value is -2.45. The lowest BCUT2D eigenvalue weighted by atomic mass is 9.94.